The van der Waals surface area contributed by atoms with E-state index in [1.165, 1.54) is 0 Å². The Kier molecular flexibility index (Phi) is 17.2. The van der Waals surface area contributed by atoms with Crippen molar-refractivity contribution in [2.24, 2.45) is 4.99 Å². The molecule has 0 saturated carbocycles. The topological polar surface area (TPSA) is 84.5 Å². The van der Waals surface area contributed by atoms with Crippen molar-refractivity contribution in [1.82, 2.24) is 21.3 Å². The normalized spacial score (nSPS) is 13.5. The lowest BCUT2D eigenvalue weighted by Crippen LogP contribution is -2.49. The first-order valence-electron chi connectivity index (χ1n) is 18.8. The minimum atomic E-state index is -5.08. The van der Waals surface area contributed by atoms with Crippen molar-refractivity contribution in [3.05, 3.63) is 130 Å². The average molecular weight is 924 g/mol. The van der Waals surface area contributed by atoms with E-state index in [0.717, 1.165) is 17.5 Å². The van der Waals surface area contributed by atoms with Crippen molar-refractivity contribution in [2.75, 3.05) is 30.3 Å². The summed E-state index contributed by atoms with van der Waals surface area (Å²) in [6.45, 7) is 2.42. The molecule has 7 nitrogen and oxygen atoms in total. The van der Waals surface area contributed by atoms with Gasteiger partial charge in [0.25, 0.3) is 0 Å². The molecule has 6 N–H and O–H groups in total. The Bertz CT molecular complexity index is 2040. The first-order chi connectivity index (χ1) is 29.0. The maximum atomic E-state index is 13.5. The third kappa shape index (κ3) is 16.5. The lowest BCUT2D eigenvalue weighted by molar-refractivity contribution is -0.144. The Morgan fingerprint density at radius 1 is 0.548 bits per heavy atom. The molecule has 0 bridgehead atoms. The van der Waals surface area contributed by atoms with E-state index in [4.69, 9.17) is 29.4 Å². The van der Waals surface area contributed by atoms with E-state index in [-0.39, 0.29) is 54.2 Å². The van der Waals surface area contributed by atoms with E-state index in [9.17, 15) is 52.7 Å². The molecule has 62 heavy (non-hydrogen) atoms. The SMILES string of the molecule is CCCCNC(=NC[C@H](Cc1ccccc1)NC(=S)Nc1cc(C(F)(F)F)cc(C(F)(F)F)c1)NC[C@H](Cc1ccccc1)NC(=S)Nc1cc(C(F)(F)F)cc(C(F)(F)F)c1. The molecule has 336 valence electrons. The van der Waals surface area contributed by atoms with Crippen LogP contribution in [0.2, 0.25) is 0 Å². The van der Waals surface area contributed by atoms with Gasteiger partial charge in [0.15, 0.2) is 16.2 Å². The predicted octanol–water partition coefficient (Wildman–Crippen LogP) is 10.6. The summed E-state index contributed by atoms with van der Waals surface area (Å²) in [5.74, 6) is 0.260. The summed E-state index contributed by atoms with van der Waals surface area (Å²) in [6, 6.07) is 18.6. The zero-order chi connectivity index (χ0) is 45.7. The van der Waals surface area contributed by atoms with Gasteiger partial charge in [0.05, 0.1) is 34.8 Å². The molecule has 0 fully saturated rings. The van der Waals surface area contributed by atoms with Gasteiger partial charge in [0, 0.05) is 30.5 Å². The minimum absolute atomic E-state index is 0.00203. The molecule has 0 aliphatic heterocycles. The number of halogens is 12. The van der Waals surface area contributed by atoms with Crippen LogP contribution in [0.4, 0.5) is 64.1 Å². The molecule has 21 heteroatoms. The van der Waals surface area contributed by atoms with Gasteiger partial charge in [0.1, 0.15) is 0 Å². The Morgan fingerprint density at radius 3 is 1.32 bits per heavy atom. The molecule has 4 rings (SSSR count). The first kappa shape index (κ1) is 49.3. The van der Waals surface area contributed by atoms with Crippen molar-refractivity contribution in [3.8, 4) is 0 Å². The van der Waals surface area contributed by atoms with Gasteiger partial charge in [0.2, 0.25) is 0 Å². The van der Waals surface area contributed by atoms with Crippen LogP contribution in [0, 0.1) is 0 Å². The van der Waals surface area contributed by atoms with Gasteiger partial charge in [-0.2, -0.15) is 52.7 Å². The van der Waals surface area contributed by atoms with Gasteiger partial charge in [-0.05, 0) is 91.2 Å². The third-order valence-corrected chi connectivity index (χ3v) is 9.26. The van der Waals surface area contributed by atoms with Crippen LogP contribution in [0.3, 0.4) is 0 Å². The number of thiocarbonyl (C=S) groups is 2. The number of anilines is 2. The highest BCUT2D eigenvalue weighted by Gasteiger charge is 2.38. The fraction of sp³-hybridized carbons (Fsp3) is 0.341. The summed E-state index contributed by atoms with van der Waals surface area (Å²) in [5, 5.41) is 16.6. The number of nitrogens with zero attached hydrogens (tertiary/aromatic N) is 1. The molecule has 4 aromatic rings. The number of aliphatic imine (C=N–C) groups is 1. The molecule has 0 radical (unpaired) electrons. The van der Waals surface area contributed by atoms with E-state index < -0.39 is 70.4 Å². The van der Waals surface area contributed by atoms with Crippen LogP contribution in [-0.4, -0.2) is 47.9 Å². The summed E-state index contributed by atoms with van der Waals surface area (Å²) in [7, 11) is 0. The van der Waals surface area contributed by atoms with Gasteiger partial charge >= 0.3 is 24.7 Å². The highest BCUT2D eigenvalue weighted by molar-refractivity contribution is 7.80. The van der Waals surface area contributed by atoms with Gasteiger partial charge < -0.3 is 31.9 Å². The second-order valence-corrected chi connectivity index (χ2v) is 14.7. The van der Waals surface area contributed by atoms with E-state index in [1.54, 1.807) is 48.5 Å². The van der Waals surface area contributed by atoms with Crippen molar-refractivity contribution >= 4 is 52.0 Å². The third-order valence-electron chi connectivity index (χ3n) is 8.82. The molecule has 0 aliphatic rings. The van der Waals surface area contributed by atoms with Crippen LogP contribution in [0.25, 0.3) is 0 Å². The average Bonchev–Trinajstić information content (AvgIpc) is 3.17. The first-order valence-corrected chi connectivity index (χ1v) is 19.6. The molecular weight excluding hydrogens is 883 g/mol. The summed E-state index contributed by atoms with van der Waals surface area (Å²) >= 11 is 10.7. The van der Waals surface area contributed by atoms with Crippen LogP contribution >= 0.6 is 24.4 Å². The fourth-order valence-electron chi connectivity index (χ4n) is 5.87. The highest BCUT2D eigenvalue weighted by atomic mass is 32.1. The molecule has 0 unspecified atom stereocenters. The van der Waals surface area contributed by atoms with Crippen LogP contribution in [0.1, 0.15) is 53.1 Å². The Hall–Kier alpha value is -5.31. The number of unbranched alkanes of at least 4 members (excludes halogenated alkanes) is 1. The lowest BCUT2D eigenvalue weighted by Gasteiger charge is -2.24. The second-order valence-electron chi connectivity index (χ2n) is 13.9. The van der Waals surface area contributed by atoms with E-state index in [1.807, 2.05) is 19.1 Å². The smallest absolute Gasteiger partial charge is 0.358 e. The van der Waals surface area contributed by atoms with E-state index in [0.29, 0.717) is 37.2 Å². The summed E-state index contributed by atoms with van der Waals surface area (Å²) in [4.78, 5) is 4.69. The van der Waals surface area contributed by atoms with E-state index >= 15 is 0 Å². The summed E-state index contributed by atoms with van der Waals surface area (Å²) in [6.07, 6.45) is -18.3. The lowest BCUT2D eigenvalue weighted by atomic mass is 10.1. The Labute approximate surface area is 360 Å². The van der Waals surface area contributed by atoms with Gasteiger partial charge in [-0.1, -0.05) is 74.0 Å². The molecule has 0 aliphatic carbocycles. The van der Waals surface area contributed by atoms with Crippen LogP contribution in [0.15, 0.2) is 102 Å². The van der Waals surface area contributed by atoms with Crippen LogP contribution in [0.5, 0.6) is 0 Å². The molecule has 0 spiro atoms. The fourth-order valence-corrected chi connectivity index (χ4v) is 6.44. The van der Waals surface area contributed by atoms with Crippen molar-refractivity contribution < 1.29 is 52.7 Å². The highest BCUT2D eigenvalue weighted by Crippen LogP contribution is 2.39. The van der Waals surface area contributed by atoms with Crippen molar-refractivity contribution in [1.29, 1.82) is 0 Å². The molecule has 2 atom stereocenters. The number of nitrogens with one attached hydrogen (secondary N) is 6. The van der Waals surface area contributed by atoms with Gasteiger partial charge in [-0.3, -0.25) is 4.99 Å². The van der Waals surface area contributed by atoms with Gasteiger partial charge in [-0.25, -0.2) is 0 Å². The largest absolute Gasteiger partial charge is 0.416 e. The maximum Gasteiger partial charge on any atom is 0.416 e. The molecule has 0 saturated heterocycles. The monoisotopic (exact) mass is 923 g/mol. The molecule has 0 heterocycles. The zero-order valence-corrected chi connectivity index (χ0v) is 34.3. The Balaban J connectivity index is 1.57. The number of benzene rings is 4. The molecule has 0 aromatic heterocycles. The van der Waals surface area contributed by atoms with Gasteiger partial charge in [-0.15, -0.1) is 0 Å². The van der Waals surface area contributed by atoms with Crippen LogP contribution < -0.4 is 31.9 Å². The van der Waals surface area contributed by atoms with Crippen molar-refractivity contribution in [3.63, 3.8) is 0 Å². The number of hydrogen-bond acceptors (Lipinski definition) is 3. The number of guanidine groups is 1. The summed E-state index contributed by atoms with van der Waals surface area (Å²) in [5.41, 5.74) is -5.59. The van der Waals surface area contributed by atoms with E-state index in [2.05, 4.69) is 31.9 Å². The number of rotatable bonds is 15. The second kappa shape index (κ2) is 21.7. The number of alkyl halides is 12. The standard InChI is InChI=1S/C41H41F12N7S2/c1-2-3-14-54-35(55-23-33(15-25-10-6-4-7-11-25)59-36(61)57-31-19-27(38(42,43)44)17-28(20-31)39(45,46)47)56-24-34(16-26-12-8-5-9-13-26)60-37(62)58-32-21-29(40(48,49)50)18-30(22-32)41(51,52)53/h4-13,17-22,33-34H,2-3,14-16,23-24H2,1H3,(H2,54,55,56)(H2,57,59,61)(H2,58,60,62)/t33-,34-/m0/s1. The quantitative estimate of drug-likeness (QED) is 0.0231. The maximum absolute atomic E-state index is 13.5. The molecule has 0 amide bonds. The Morgan fingerprint density at radius 2 is 0.935 bits per heavy atom. The number of hydrogen-bond donors (Lipinski definition) is 6. The van der Waals surface area contributed by atoms with Crippen LogP contribution in [-0.2, 0) is 37.5 Å². The zero-order valence-electron chi connectivity index (χ0n) is 32.6. The minimum Gasteiger partial charge on any atom is -0.358 e. The molecule has 4 aromatic carbocycles. The molecular formula is C41H41F12N7S2. The van der Waals surface area contributed by atoms with Crippen molar-refractivity contribution in [2.45, 2.75) is 69.4 Å². The predicted molar refractivity (Wildman–Crippen MR) is 223 cm³/mol. The summed E-state index contributed by atoms with van der Waals surface area (Å²) < 4.78 is 162.